The molecule has 0 rings (SSSR count). The van der Waals surface area contributed by atoms with E-state index in [0.717, 1.165) is 6.08 Å². The number of allylic oxidation sites excluding steroid dienone is 1. The third-order valence-corrected chi connectivity index (χ3v) is 0.784. The molecule has 10 heavy (non-hydrogen) atoms. The number of esters is 1. The van der Waals surface area contributed by atoms with Gasteiger partial charge in [-0.2, -0.15) is 0 Å². The van der Waals surface area contributed by atoms with E-state index in [1.165, 1.54) is 0 Å². The summed E-state index contributed by atoms with van der Waals surface area (Å²) >= 11 is 0. The van der Waals surface area contributed by atoms with Crippen LogP contribution >= 0.6 is 0 Å². The first kappa shape index (κ1) is 8.69. The lowest BCUT2D eigenvalue weighted by atomic mass is 10.4. The van der Waals surface area contributed by atoms with Crippen molar-refractivity contribution in [2.45, 2.75) is 6.42 Å². The van der Waals surface area contributed by atoms with Crippen LogP contribution in [0.25, 0.3) is 0 Å². The first-order valence-electron chi connectivity index (χ1n) is 2.83. The Labute approximate surface area is 60.5 Å². The van der Waals surface area contributed by atoms with Crippen molar-refractivity contribution in [2.75, 3.05) is 0 Å². The van der Waals surface area contributed by atoms with Crippen molar-refractivity contribution in [2.24, 2.45) is 0 Å². The third kappa shape index (κ3) is 3.66. The average molecular weight is 138 g/mol. The number of rotatable bonds is 4. The molecule has 0 aromatic heterocycles. The molecule has 0 spiro atoms. The summed E-state index contributed by atoms with van der Waals surface area (Å²) in [4.78, 5) is 10.5. The maximum absolute atomic E-state index is 10.5. The van der Waals surface area contributed by atoms with Crippen LogP contribution in [0.2, 0.25) is 0 Å². The van der Waals surface area contributed by atoms with E-state index in [2.05, 4.69) is 24.5 Å². The molecule has 0 saturated carbocycles. The highest BCUT2D eigenvalue weighted by Gasteiger charge is 1.96. The first-order chi connectivity index (χ1) is 4.70. The van der Waals surface area contributed by atoms with Gasteiger partial charge in [0.1, 0.15) is 5.76 Å². The zero-order chi connectivity index (χ0) is 7.98. The molecular weight excluding hydrogens is 128 g/mol. The normalized spacial score (nSPS) is 8.00. The van der Waals surface area contributed by atoms with Crippen LogP contribution in [0.15, 0.2) is 37.6 Å². The maximum atomic E-state index is 10.5. The molecule has 0 aliphatic carbocycles. The predicted octanol–water partition coefficient (Wildman–Crippen LogP) is 1.81. The topological polar surface area (TPSA) is 26.3 Å². The molecule has 0 amide bonds. The van der Waals surface area contributed by atoms with E-state index < -0.39 is 5.97 Å². The van der Waals surface area contributed by atoms with Gasteiger partial charge < -0.3 is 4.74 Å². The molecule has 0 aliphatic heterocycles. The zero-order valence-electron chi connectivity index (χ0n) is 5.80. The van der Waals surface area contributed by atoms with Gasteiger partial charge in [0, 0.05) is 12.5 Å². The van der Waals surface area contributed by atoms with E-state index in [1.54, 1.807) is 6.08 Å². The summed E-state index contributed by atoms with van der Waals surface area (Å²) in [5, 5.41) is 0. The standard InChI is InChI=1S/C8H10O2/c1-4-6-7(3)10-8(9)5-2/h4-5H,1-3,6H2. The van der Waals surface area contributed by atoms with Crippen LogP contribution < -0.4 is 0 Å². The van der Waals surface area contributed by atoms with Gasteiger partial charge in [0.15, 0.2) is 0 Å². The zero-order valence-corrected chi connectivity index (χ0v) is 5.80. The molecule has 0 aromatic carbocycles. The summed E-state index contributed by atoms with van der Waals surface area (Å²) in [5.41, 5.74) is 0. The second-order valence-corrected chi connectivity index (χ2v) is 1.66. The Morgan fingerprint density at radius 2 is 2.10 bits per heavy atom. The van der Waals surface area contributed by atoms with E-state index in [4.69, 9.17) is 0 Å². The van der Waals surface area contributed by atoms with Crippen molar-refractivity contribution < 1.29 is 9.53 Å². The van der Waals surface area contributed by atoms with E-state index >= 15 is 0 Å². The lowest BCUT2D eigenvalue weighted by Crippen LogP contribution is -1.97. The molecule has 0 aliphatic rings. The minimum Gasteiger partial charge on any atom is -0.428 e. The number of carbonyl (C=O) groups excluding carboxylic acids is 1. The van der Waals surface area contributed by atoms with Crippen molar-refractivity contribution in [3.63, 3.8) is 0 Å². The molecule has 2 nitrogen and oxygen atoms in total. The Hall–Kier alpha value is -1.31. The molecule has 54 valence electrons. The minimum absolute atomic E-state index is 0.389. The first-order valence-corrected chi connectivity index (χ1v) is 2.83. The van der Waals surface area contributed by atoms with Gasteiger partial charge >= 0.3 is 5.97 Å². The van der Waals surface area contributed by atoms with E-state index in [1.807, 2.05) is 0 Å². The highest BCUT2D eigenvalue weighted by atomic mass is 16.5. The molecule has 2 heteroatoms. The number of hydrogen-bond acceptors (Lipinski definition) is 2. The molecule has 0 fully saturated rings. The number of ether oxygens (including phenoxy) is 1. The monoisotopic (exact) mass is 138 g/mol. The van der Waals surface area contributed by atoms with Crippen LogP contribution in [0.3, 0.4) is 0 Å². The molecule has 0 saturated heterocycles. The molecule has 0 unspecified atom stereocenters. The van der Waals surface area contributed by atoms with Gasteiger partial charge in [-0.15, -0.1) is 6.58 Å². The van der Waals surface area contributed by atoms with Crippen molar-refractivity contribution in [1.82, 2.24) is 0 Å². The summed E-state index contributed by atoms with van der Waals surface area (Å²) in [7, 11) is 0. The fraction of sp³-hybridized carbons (Fsp3) is 0.125. The van der Waals surface area contributed by atoms with Gasteiger partial charge in [-0.25, -0.2) is 4.79 Å². The van der Waals surface area contributed by atoms with Gasteiger partial charge in [-0.05, 0) is 0 Å². The SMILES string of the molecule is C=CCC(=C)OC(=O)C=C. The Morgan fingerprint density at radius 1 is 1.50 bits per heavy atom. The fourth-order valence-corrected chi connectivity index (χ4v) is 0.387. The quantitative estimate of drug-likeness (QED) is 0.256. The van der Waals surface area contributed by atoms with Gasteiger partial charge in [-0.3, -0.25) is 0 Å². The summed E-state index contributed by atoms with van der Waals surface area (Å²) in [5.74, 6) is -0.0910. The average Bonchev–Trinajstić information content (AvgIpc) is 1.88. The van der Waals surface area contributed by atoms with Gasteiger partial charge in [0.2, 0.25) is 0 Å². The molecule has 0 aromatic rings. The minimum atomic E-state index is -0.480. The smallest absolute Gasteiger partial charge is 0.335 e. The number of hydrogen-bond donors (Lipinski definition) is 0. The second-order valence-electron chi connectivity index (χ2n) is 1.66. The van der Waals surface area contributed by atoms with E-state index in [9.17, 15) is 4.79 Å². The Kier molecular flexibility index (Phi) is 3.96. The molecule has 0 N–H and O–H groups in total. The third-order valence-electron chi connectivity index (χ3n) is 0.784. The Morgan fingerprint density at radius 3 is 2.50 bits per heavy atom. The van der Waals surface area contributed by atoms with E-state index in [0.29, 0.717) is 12.2 Å². The highest BCUT2D eigenvalue weighted by molar-refractivity contribution is 5.82. The van der Waals surface area contributed by atoms with Crippen LogP contribution in [0, 0.1) is 0 Å². The van der Waals surface area contributed by atoms with Crippen molar-refractivity contribution in [1.29, 1.82) is 0 Å². The Bertz CT molecular complexity index is 168. The van der Waals surface area contributed by atoms with Crippen molar-refractivity contribution in [3.8, 4) is 0 Å². The second kappa shape index (κ2) is 4.56. The van der Waals surface area contributed by atoms with E-state index in [-0.39, 0.29) is 0 Å². The Balaban J connectivity index is 3.67. The fourth-order valence-electron chi connectivity index (χ4n) is 0.387. The van der Waals surface area contributed by atoms with Gasteiger partial charge in [-0.1, -0.05) is 19.2 Å². The maximum Gasteiger partial charge on any atom is 0.335 e. The molecule has 0 heterocycles. The number of carbonyl (C=O) groups is 1. The predicted molar refractivity (Wildman–Crippen MR) is 40.2 cm³/mol. The van der Waals surface area contributed by atoms with Crippen LogP contribution in [0.5, 0.6) is 0 Å². The van der Waals surface area contributed by atoms with Crippen molar-refractivity contribution in [3.05, 3.63) is 37.6 Å². The molecule has 0 radical (unpaired) electrons. The van der Waals surface area contributed by atoms with Crippen LogP contribution in [0.4, 0.5) is 0 Å². The lowest BCUT2D eigenvalue weighted by molar-refractivity contribution is -0.133. The summed E-state index contributed by atoms with van der Waals surface area (Å²) in [6.07, 6.45) is 3.19. The summed E-state index contributed by atoms with van der Waals surface area (Å²) in [6.45, 7) is 10.2. The lowest BCUT2D eigenvalue weighted by Gasteiger charge is -1.99. The molecule has 0 bridgehead atoms. The van der Waals surface area contributed by atoms with Crippen LogP contribution in [-0.2, 0) is 9.53 Å². The van der Waals surface area contributed by atoms with Crippen LogP contribution in [-0.4, -0.2) is 5.97 Å². The van der Waals surface area contributed by atoms with Crippen molar-refractivity contribution >= 4 is 5.97 Å². The molecule has 0 atom stereocenters. The summed E-state index contributed by atoms with van der Waals surface area (Å²) in [6, 6.07) is 0. The molecular formula is C8H10O2. The van der Waals surface area contributed by atoms with Gasteiger partial charge in [0.05, 0.1) is 0 Å². The van der Waals surface area contributed by atoms with Gasteiger partial charge in [0.25, 0.3) is 0 Å². The largest absolute Gasteiger partial charge is 0.428 e. The highest BCUT2D eigenvalue weighted by Crippen LogP contribution is 2.00. The summed E-state index contributed by atoms with van der Waals surface area (Å²) < 4.78 is 4.62. The van der Waals surface area contributed by atoms with Crippen LogP contribution in [0.1, 0.15) is 6.42 Å².